The quantitative estimate of drug-likeness (QED) is 0.861. The van der Waals surface area contributed by atoms with Gasteiger partial charge < -0.3 is 5.32 Å². The molecule has 0 aliphatic heterocycles. The number of aryl methyl sites for hydroxylation is 2. The number of nitrogens with zero attached hydrogens (tertiary/aromatic N) is 1. The fraction of sp³-hybridized carbons (Fsp3) is 0.250. The van der Waals surface area contributed by atoms with Crippen molar-refractivity contribution in [3.05, 3.63) is 44.3 Å². The maximum atomic E-state index is 4.18. The first-order chi connectivity index (χ1) is 7.66. The van der Waals surface area contributed by atoms with E-state index in [1.807, 2.05) is 23.5 Å². The van der Waals surface area contributed by atoms with Gasteiger partial charge in [0.15, 0.2) is 0 Å². The van der Waals surface area contributed by atoms with Gasteiger partial charge in [-0.05, 0) is 53.5 Å². The maximum Gasteiger partial charge on any atom is 0.129 e. The summed E-state index contributed by atoms with van der Waals surface area (Å²) in [6.45, 7) is 5.15. The molecule has 0 spiro atoms. The molecule has 0 bridgehead atoms. The smallest absolute Gasteiger partial charge is 0.129 e. The Balaban J connectivity index is 2.08. The van der Waals surface area contributed by atoms with Crippen LogP contribution in [0.3, 0.4) is 0 Å². The molecule has 2 rings (SSSR count). The van der Waals surface area contributed by atoms with Crippen LogP contribution in [-0.2, 0) is 6.54 Å². The largest absolute Gasteiger partial charge is 0.379 e. The molecule has 2 aromatic rings. The number of nitrogens with one attached hydrogen (secondary N) is 1. The van der Waals surface area contributed by atoms with Crippen LogP contribution in [-0.4, -0.2) is 4.98 Å². The summed E-state index contributed by atoms with van der Waals surface area (Å²) in [6, 6.07) is 6.18. The van der Waals surface area contributed by atoms with Gasteiger partial charge >= 0.3 is 0 Å². The summed E-state index contributed by atoms with van der Waals surface area (Å²) in [6.07, 6.45) is 1.77. The number of rotatable bonds is 3. The van der Waals surface area contributed by atoms with Crippen molar-refractivity contribution in [3.8, 4) is 0 Å². The number of thiophene rings is 1. The topological polar surface area (TPSA) is 24.9 Å². The first-order valence-corrected chi connectivity index (χ1v) is 6.68. The van der Waals surface area contributed by atoms with E-state index in [-0.39, 0.29) is 0 Å². The molecule has 1 N–H and O–H groups in total. The molecule has 0 saturated carbocycles. The third kappa shape index (κ3) is 2.62. The summed E-state index contributed by atoms with van der Waals surface area (Å²) < 4.78 is 0.861. The second-order valence-electron chi connectivity index (χ2n) is 3.63. The van der Waals surface area contributed by atoms with Crippen LogP contribution in [0.1, 0.15) is 15.3 Å². The molecular formula is C12H13BrN2S. The van der Waals surface area contributed by atoms with Gasteiger partial charge in [-0.1, -0.05) is 0 Å². The second-order valence-corrected chi connectivity index (χ2v) is 5.85. The van der Waals surface area contributed by atoms with E-state index in [2.05, 4.69) is 46.1 Å². The van der Waals surface area contributed by atoms with Crippen LogP contribution in [0.25, 0.3) is 0 Å². The van der Waals surface area contributed by atoms with Crippen molar-refractivity contribution in [2.45, 2.75) is 20.4 Å². The number of anilines is 1. The van der Waals surface area contributed by atoms with Crippen molar-refractivity contribution in [1.29, 1.82) is 0 Å². The maximum absolute atomic E-state index is 4.18. The zero-order valence-corrected chi connectivity index (χ0v) is 11.7. The SMILES string of the molecule is Cc1cc(CNc2cccnc2Br)c(C)s1. The van der Waals surface area contributed by atoms with Gasteiger partial charge in [-0.25, -0.2) is 4.98 Å². The summed E-state index contributed by atoms with van der Waals surface area (Å²) in [5.41, 5.74) is 2.39. The minimum absolute atomic E-state index is 0.848. The third-order valence-electron chi connectivity index (χ3n) is 2.37. The van der Waals surface area contributed by atoms with Gasteiger partial charge in [-0.2, -0.15) is 0 Å². The standard InChI is InChI=1S/C12H13BrN2S/c1-8-6-10(9(2)16-8)7-15-11-4-3-5-14-12(11)13/h3-6,15H,7H2,1-2H3. The summed E-state index contributed by atoms with van der Waals surface area (Å²) in [4.78, 5) is 6.92. The fourth-order valence-corrected chi connectivity index (χ4v) is 2.90. The zero-order chi connectivity index (χ0) is 11.5. The second kappa shape index (κ2) is 4.97. The average Bonchev–Trinajstić information content (AvgIpc) is 2.56. The normalized spacial score (nSPS) is 10.4. The Morgan fingerprint density at radius 3 is 2.88 bits per heavy atom. The molecule has 4 heteroatoms. The Morgan fingerprint density at radius 1 is 1.44 bits per heavy atom. The van der Waals surface area contributed by atoms with Crippen molar-refractivity contribution in [3.63, 3.8) is 0 Å². The molecule has 2 aromatic heterocycles. The predicted molar refractivity (Wildman–Crippen MR) is 73.1 cm³/mol. The Hall–Kier alpha value is -0.870. The molecule has 0 aromatic carbocycles. The van der Waals surface area contributed by atoms with Crippen molar-refractivity contribution in [2.75, 3.05) is 5.32 Å². The van der Waals surface area contributed by atoms with E-state index in [1.165, 1.54) is 15.3 Å². The highest BCUT2D eigenvalue weighted by Crippen LogP contribution is 2.23. The number of aromatic nitrogens is 1. The summed E-state index contributed by atoms with van der Waals surface area (Å²) in [5, 5.41) is 3.38. The summed E-state index contributed by atoms with van der Waals surface area (Å²) in [7, 11) is 0. The van der Waals surface area contributed by atoms with Gasteiger partial charge in [-0.3, -0.25) is 0 Å². The lowest BCUT2D eigenvalue weighted by atomic mass is 10.2. The molecule has 0 saturated heterocycles. The van der Waals surface area contributed by atoms with Crippen LogP contribution < -0.4 is 5.32 Å². The number of halogens is 1. The van der Waals surface area contributed by atoms with Crippen molar-refractivity contribution >= 4 is 33.0 Å². The van der Waals surface area contributed by atoms with Crippen LogP contribution in [0, 0.1) is 13.8 Å². The number of hydrogen-bond donors (Lipinski definition) is 1. The highest BCUT2D eigenvalue weighted by molar-refractivity contribution is 9.10. The summed E-state index contributed by atoms with van der Waals surface area (Å²) >= 11 is 5.26. The Bertz CT molecular complexity index is 494. The lowest BCUT2D eigenvalue weighted by molar-refractivity contribution is 1.12. The van der Waals surface area contributed by atoms with Crippen molar-refractivity contribution in [2.24, 2.45) is 0 Å². The minimum Gasteiger partial charge on any atom is -0.379 e. The Morgan fingerprint density at radius 2 is 2.25 bits per heavy atom. The van der Waals surface area contributed by atoms with Gasteiger partial charge in [0, 0.05) is 22.5 Å². The molecule has 0 aliphatic carbocycles. The number of pyridine rings is 1. The Kier molecular flexibility index (Phi) is 3.61. The molecular weight excluding hydrogens is 284 g/mol. The monoisotopic (exact) mass is 296 g/mol. The fourth-order valence-electron chi connectivity index (χ4n) is 1.57. The molecule has 16 heavy (non-hydrogen) atoms. The zero-order valence-electron chi connectivity index (χ0n) is 9.25. The average molecular weight is 297 g/mol. The lowest BCUT2D eigenvalue weighted by Crippen LogP contribution is -2.00. The van der Waals surface area contributed by atoms with E-state index in [1.54, 1.807) is 6.20 Å². The molecule has 0 aliphatic rings. The molecule has 0 unspecified atom stereocenters. The molecule has 84 valence electrons. The molecule has 0 radical (unpaired) electrons. The highest BCUT2D eigenvalue weighted by atomic mass is 79.9. The van der Waals surface area contributed by atoms with E-state index in [0.29, 0.717) is 0 Å². The minimum atomic E-state index is 0.848. The molecule has 0 amide bonds. The third-order valence-corrected chi connectivity index (χ3v) is 4.01. The van der Waals surface area contributed by atoms with Gasteiger partial charge in [0.1, 0.15) is 4.60 Å². The molecule has 0 atom stereocenters. The van der Waals surface area contributed by atoms with Crippen LogP contribution >= 0.6 is 27.3 Å². The Labute approximate surface area is 108 Å². The van der Waals surface area contributed by atoms with E-state index in [9.17, 15) is 0 Å². The number of hydrogen-bond acceptors (Lipinski definition) is 3. The predicted octanol–water partition coefficient (Wildman–Crippen LogP) is 4.13. The molecule has 2 heterocycles. The van der Waals surface area contributed by atoms with Crippen LogP contribution in [0.4, 0.5) is 5.69 Å². The highest BCUT2D eigenvalue weighted by Gasteiger charge is 2.04. The van der Waals surface area contributed by atoms with E-state index >= 15 is 0 Å². The first kappa shape index (κ1) is 11.6. The van der Waals surface area contributed by atoms with Gasteiger partial charge in [0.2, 0.25) is 0 Å². The van der Waals surface area contributed by atoms with E-state index < -0.39 is 0 Å². The van der Waals surface area contributed by atoms with Crippen LogP contribution in [0.15, 0.2) is 29.0 Å². The lowest BCUT2D eigenvalue weighted by Gasteiger charge is -2.06. The molecule has 0 fully saturated rings. The van der Waals surface area contributed by atoms with Gasteiger partial charge in [0.05, 0.1) is 5.69 Å². The first-order valence-electron chi connectivity index (χ1n) is 5.07. The molecule has 2 nitrogen and oxygen atoms in total. The van der Waals surface area contributed by atoms with Crippen molar-refractivity contribution in [1.82, 2.24) is 4.98 Å². The summed E-state index contributed by atoms with van der Waals surface area (Å²) in [5.74, 6) is 0. The van der Waals surface area contributed by atoms with Crippen LogP contribution in [0.2, 0.25) is 0 Å². The van der Waals surface area contributed by atoms with E-state index in [0.717, 1.165) is 16.8 Å². The van der Waals surface area contributed by atoms with Crippen LogP contribution in [0.5, 0.6) is 0 Å². The van der Waals surface area contributed by atoms with Crippen molar-refractivity contribution < 1.29 is 0 Å². The van der Waals surface area contributed by atoms with E-state index in [4.69, 9.17) is 0 Å². The van der Waals surface area contributed by atoms with Gasteiger partial charge in [0.25, 0.3) is 0 Å². The van der Waals surface area contributed by atoms with Gasteiger partial charge in [-0.15, -0.1) is 11.3 Å².